The molecule has 0 bridgehead atoms. The van der Waals surface area contributed by atoms with Gasteiger partial charge >= 0.3 is 12.1 Å². The lowest BCUT2D eigenvalue weighted by Crippen LogP contribution is -2.46. The zero-order valence-corrected chi connectivity index (χ0v) is 29.7. The second-order valence-electron chi connectivity index (χ2n) is 13.3. The van der Waals surface area contributed by atoms with Gasteiger partial charge in [0.05, 0.1) is 18.6 Å². The Kier molecular flexibility index (Phi) is 13.8. The molecular weight excluding hydrogens is 658 g/mol. The minimum Gasteiger partial charge on any atom is -0.462 e. The number of rotatable bonds is 18. The summed E-state index contributed by atoms with van der Waals surface area (Å²) in [5.41, 5.74) is 5.34. The molecular formula is C42H49N3O7. The predicted octanol–water partition coefficient (Wildman–Crippen LogP) is 6.00. The number of aliphatic hydroxyl groups is 1. The fraction of sp³-hybridized carbons (Fsp3) is 0.381. The minimum absolute atomic E-state index is 0.0334. The molecule has 2 N–H and O–H groups in total. The van der Waals surface area contributed by atoms with Crippen LogP contribution in [0.4, 0.5) is 4.79 Å². The lowest BCUT2D eigenvalue weighted by molar-refractivity contribution is -0.151. The molecule has 3 amide bonds. The summed E-state index contributed by atoms with van der Waals surface area (Å²) in [6.07, 6.45) is 4.95. The van der Waals surface area contributed by atoms with E-state index in [-0.39, 0.29) is 63.0 Å². The van der Waals surface area contributed by atoms with Crippen LogP contribution in [0.25, 0.3) is 11.1 Å². The van der Waals surface area contributed by atoms with Crippen molar-refractivity contribution < 1.29 is 33.8 Å². The van der Waals surface area contributed by atoms with Crippen molar-refractivity contribution in [3.05, 3.63) is 121 Å². The Labute approximate surface area is 306 Å². The lowest BCUT2D eigenvalue weighted by atomic mass is 9.98. The molecule has 10 nitrogen and oxygen atoms in total. The summed E-state index contributed by atoms with van der Waals surface area (Å²) in [5.74, 6) is -1.81. The van der Waals surface area contributed by atoms with Crippen LogP contribution in [0.15, 0.2) is 104 Å². The minimum atomic E-state index is -0.965. The first-order chi connectivity index (χ1) is 25.3. The number of fused-ring (bicyclic) bond motifs is 3. The molecule has 10 heteroatoms. The maximum atomic E-state index is 13.9. The SMILES string of the molecule is C=CCC[C@H](NC(=O)OCC1c2ccccc2-c2ccccc21)C(=O)OC[C@@H]1CCCN1C(=O)[C@@H](CC=C)CC(=O)N(CCO)Cc1ccccc1. The fourth-order valence-corrected chi connectivity index (χ4v) is 7.16. The van der Waals surface area contributed by atoms with Crippen LogP contribution in [0.3, 0.4) is 0 Å². The molecule has 3 atom stereocenters. The molecule has 0 unspecified atom stereocenters. The number of carbonyl (C=O) groups is 4. The number of aliphatic hydroxyl groups excluding tert-OH is 1. The fourth-order valence-electron chi connectivity index (χ4n) is 7.16. The molecule has 0 spiro atoms. The van der Waals surface area contributed by atoms with Crippen LogP contribution in [-0.2, 0) is 30.4 Å². The van der Waals surface area contributed by atoms with E-state index < -0.39 is 24.0 Å². The van der Waals surface area contributed by atoms with E-state index in [9.17, 15) is 24.3 Å². The largest absolute Gasteiger partial charge is 0.462 e. The van der Waals surface area contributed by atoms with E-state index in [1.54, 1.807) is 22.0 Å². The van der Waals surface area contributed by atoms with Crippen LogP contribution >= 0.6 is 0 Å². The maximum Gasteiger partial charge on any atom is 0.407 e. The number of nitrogens with one attached hydrogen (secondary N) is 1. The molecule has 1 heterocycles. The quantitative estimate of drug-likeness (QED) is 0.123. The Morgan fingerprint density at radius 3 is 2.23 bits per heavy atom. The van der Waals surface area contributed by atoms with Crippen LogP contribution in [-0.4, -0.2) is 83.8 Å². The Bertz CT molecular complexity index is 1660. The number of benzene rings is 3. The van der Waals surface area contributed by atoms with Gasteiger partial charge < -0.3 is 29.7 Å². The number of alkyl carbamates (subject to hydrolysis) is 1. The molecule has 2 aliphatic rings. The van der Waals surface area contributed by atoms with Crippen LogP contribution < -0.4 is 5.32 Å². The van der Waals surface area contributed by atoms with E-state index in [1.807, 2.05) is 66.7 Å². The van der Waals surface area contributed by atoms with Crippen LogP contribution in [0.1, 0.15) is 61.1 Å². The lowest BCUT2D eigenvalue weighted by Gasteiger charge is -2.30. The summed E-state index contributed by atoms with van der Waals surface area (Å²) in [4.78, 5) is 56.9. The van der Waals surface area contributed by atoms with Gasteiger partial charge in [0.2, 0.25) is 11.8 Å². The summed E-state index contributed by atoms with van der Waals surface area (Å²) in [5, 5.41) is 12.3. The van der Waals surface area contributed by atoms with Crippen molar-refractivity contribution in [2.45, 2.75) is 63.1 Å². The second kappa shape index (κ2) is 18.9. The topological polar surface area (TPSA) is 125 Å². The standard InChI is InChI=1S/C42H49N3O7/c1-3-5-22-38(43-42(50)52-29-37-35-20-11-9-18-33(35)34-19-10-12-21-36(34)37)41(49)51-28-32-17-13-23-45(32)40(48)31(14-4-2)26-39(47)44(24-25-46)27-30-15-7-6-8-16-30/h3-4,6-12,15-16,18-21,31-32,37-38,46H,1-2,5,13-14,17,22-29H2,(H,43,50)/t31-,32-,38-/m0/s1. The predicted molar refractivity (Wildman–Crippen MR) is 199 cm³/mol. The molecule has 1 aliphatic heterocycles. The number of hydrogen-bond donors (Lipinski definition) is 2. The first-order valence-electron chi connectivity index (χ1n) is 18.1. The third-order valence-electron chi connectivity index (χ3n) is 9.82. The Morgan fingerprint density at radius 1 is 0.904 bits per heavy atom. The molecule has 3 aromatic carbocycles. The highest BCUT2D eigenvalue weighted by molar-refractivity contribution is 5.86. The molecule has 1 aliphatic carbocycles. The molecule has 5 rings (SSSR count). The summed E-state index contributed by atoms with van der Waals surface area (Å²) in [6.45, 7) is 8.40. The molecule has 274 valence electrons. The van der Waals surface area contributed by atoms with E-state index in [0.29, 0.717) is 32.4 Å². The van der Waals surface area contributed by atoms with Crippen LogP contribution in [0, 0.1) is 5.92 Å². The monoisotopic (exact) mass is 707 g/mol. The number of allylic oxidation sites excluding steroid dienone is 2. The van der Waals surface area contributed by atoms with E-state index in [0.717, 1.165) is 34.2 Å². The highest BCUT2D eigenvalue weighted by Crippen LogP contribution is 2.44. The van der Waals surface area contributed by atoms with Crippen molar-refractivity contribution in [2.75, 3.05) is 32.9 Å². The van der Waals surface area contributed by atoms with Crippen LogP contribution in [0.2, 0.25) is 0 Å². The van der Waals surface area contributed by atoms with Crippen molar-refractivity contribution in [3.8, 4) is 11.1 Å². The zero-order chi connectivity index (χ0) is 36.9. The molecule has 52 heavy (non-hydrogen) atoms. The third kappa shape index (κ3) is 9.55. The highest BCUT2D eigenvalue weighted by atomic mass is 16.6. The van der Waals surface area contributed by atoms with Gasteiger partial charge in [-0.15, -0.1) is 13.2 Å². The van der Waals surface area contributed by atoms with E-state index in [2.05, 4.69) is 30.6 Å². The van der Waals surface area contributed by atoms with Crippen molar-refractivity contribution in [3.63, 3.8) is 0 Å². The van der Waals surface area contributed by atoms with Crippen molar-refractivity contribution >= 4 is 23.9 Å². The van der Waals surface area contributed by atoms with Gasteiger partial charge in [-0.2, -0.15) is 0 Å². The van der Waals surface area contributed by atoms with Crippen LogP contribution in [0.5, 0.6) is 0 Å². The molecule has 1 fully saturated rings. The highest BCUT2D eigenvalue weighted by Gasteiger charge is 2.36. The summed E-state index contributed by atoms with van der Waals surface area (Å²) < 4.78 is 11.4. The molecule has 3 aromatic rings. The average molecular weight is 708 g/mol. The molecule has 0 radical (unpaired) electrons. The van der Waals surface area contributed by atoms with Crippen molar-refractivity contribution in [2.24, 2.45) is 5.92 Å². The number of amides is 3. The molecule has 1 saturated heterocycles. The molecule has 0 saturated carbocycles. The Hall–Kier alpha value is -5.22. The normalized spacial score (nSPS) is 15.9. The number of hydrogen-bond acceptors (Lipinski definition) is 7. The summed E-state index contributed by atoms with van der Waals surface area (Å²) >= 11 is 0. The van der Waals surface area contributed by atoms with E-state index in [4.69, 9.17) is 9.47 Å². The van der Waals surface area contributed by atoms with Gasteiger partial charge in [-0.05, 0) is 59.9 Å². The number of ether oxygens (including phenoxy) is 2. The number of likely N-dealkylation sites (tertiary alicyclic amines) is 1. The van der Waals surface area contributed by atoms with Gasteiger partial charge in [-0.25, -0.2) is 9.59 Å². The zero-order valence-electron chi connectivity index (χ0n) is 29.7. The van der Waals surface area contributed by atoms with Crippen molar-refractivity contribution in [1.82, 2.24) is 15.1 Å². The number of esters is 1. The van der Waals surface area contributed by atoms with Crippen molar-refractivity contribution in [1.29, 1.82) is 0 Å². The first kappa shape index (κ1) is 38.0. The molecule has 0 aromatic heterocycles. The first-order valence-corrected chi connectivity index (χ1v) is 18.1. The maximum absolute atomic E-state index is 13.9. The Morgan fingerprint density at radius 2 is 1.58 bits per heavy atom. The number of nitrogens with zero attached hydrogens (tertiary/aromatic N) is 2. The number of carbonyl (C=O) groups excluding carboxylic acids is 4. The van der Waals surface area contributed by atoms with Gasteiger partial charge in [0.25, 0.3) is 0 Å². The van der Waals surface area contributed by atoms with Gasteiger partial charge in [-0.1, -0.05) is 91.0 Å². The van der Waals surface area contributed by atoms with Gasteiger partial charge in [-0.3, -0.25) is 9.59 Å². The Balaban J connectivity index is 1.16. The van der Waals surface area contributed by atoms with E-state index >= 15 is 0 Å². The second-order valence-corrected chi connectivity index (χ2v) is 13.3. The summed E-state index contributed by atoms with van der Waals surface area (Å²) in [6, 6.07) is 24.3. The van der Waals surface area contributed by atoms with Gasteiger partial charge in [0.15, 0.2) is 0 Å². The van der Waals surface area contributed by atoms with Gasteiger partial charge in [0.1, 0.15) is 19.3 Å². The van der Waals surface area contributed by atoms with Gasteiger partial charge in [0, 0.05) is 32.0 Å². The summed E-state index contributed by atoms with van der Waals surface area (Å²) in [7, 11) is 0. The smallest absolute Gasteiger partial charge is 0.407 e. The third-order valence-corrected chi connectivity index (χ3v) is 9.82. The average Bonchev–Trinajstić information content (AvgIpc) is 3.77. The van der Waals surface area contributed by atoms with E-state index in [1.165, 1.54) is 0 Å².